The molecule has 2 aromatic carbocycles. The number of fused-ring (bicyclic) bond motifs is 1. The predicted octanol–water partition coefficient (Wildman–Crippen LogP) is 3.83. The van der Waals surface area contributed by atoms with Gasteiger partial charge in [0, 0.05) is 0 Å². The summed E-state index contributed by atoms with van der Waals surface area (Å²) < 4.78 is 5.32. The molecule has 110 valence electrons. The van der Waals surface area contributed by atoms with Crippen LogP contribution in [0.4, 0.5) is 0 Å². The molecule has 0 aliphatic heterocycles. The third kappa shape index (κ3) is 2.44. The Hall–Kier alpha value is -1.80. The Bertz CT molecular complexity index is 648. The third-order valence-corrected chi connectivity index (χ3v) is 4.46. The molecule has 0 aromatic heterocycles. The number of aryl methyl sites for hydroxylation is 2. The molecule has 2 nitrogen and oxygen atoms in total. The van der Waals surface area contributed by atoms with Crippen molar-refractivity contribution >= 4 is 0 Å². The van der Waals surface area contributed by atoms with E-state index in [0.717, 1.165) is 42.6 Å². The molecule has 0 spiro atoms. The van der Waals surface area contributed by atoms with E-state index in [2.05, 4.69) is 31.2 Å². The smallest absolute Gasteiger partial charge is 0.119 e. The fourth-order valence-electron chi connectivity index (χ4n) is 3.31. The number of aliphatic hydroxyl groups is 1. The highest BCUT2D eigenvalue weighted by Gasteiger charge is 2.38. The van der Waals surface area contributed by atoms with Gasteiger partial charge in [0.1, 0.15) is 11.4 Å². The van der Waals surface area contributed by atoms with E-state index >= 15 is 0 Å². The fraction of sp³-hybridized carbons (Fsp3) is 0.368. The molecule has 0 amide bonds. The normalized spacial score (nSPS) is 20.3. The van der Waals surface area contributed by atoms with E-state index in [1.54, 1.807) is 7.11 Å². The van der Waals surface area contributed by atoms with Crippen molar-refractivity contribution in [2.45, 2.75) is 38.2 Å². The highest BCUT2D eigenvalue weighted by Crippen LogP contribution is 2.43. The first kappa shape index (κ1) is 14.2. The Kier molecular flexibility index (Phi) is 3.73. The Labute approximate surface area is 126 Å². The standard InChI is InChI=1S/C19H22O2/c1-3-5-14-6-4-7-16(12-14)19(20)11-10-15-8-9-17(21-2)13-18(15)19/h4,6-9,12-13,20H,3,5,10-11H2,1-2H3. The van der Waals surface area contributed by atoms with E-state index in [-0.39, 0.29) is 0 Å². The van der Waals surface area contributed by atoms with Crippen LogP contribution < -0.4 is 4.74 Å². The second-order valence-electron chi connectivity index (χ2n) is 5.83. The van der Waals surface area contributed by atoms with Gasteiger partial charge in [-0.3, -0.25) is 0 Å². The van der Waals surface area contributed by atoms with Crippen LogP contribution in [0, 0.1) is 0 Å². The van der Waals surface area contributed by atoms with E-state index < -0.39 is 5.60 Å². The molecular weight excluding hydrogens is 260 g/mol. The molecular formula is C19H22O2. The van der Waals surface area contributed by atoms with E-state index in [0.29, 0.717) is 0 Å². The predicted molar refractivity (Wildman–Crippen MR) is 84.8 cm³/mol. The van der Waals surface area contributed by atoms with Crippen LogP contribution in [0.2, 0.25) is 0 Å². The van der Waals surface area contributed by atoms with Crippen molar-refractivity contribution in [1.29, 1.82) is 0 Å². The second kappa shape index (κ2) is 5.53. The van der Waals surface area contributed by atoms with Gasteiger partial charge in [-0.2, -0.15) is 0 Å². The number of rotatable bonds is 4. The number of hydrogen-bond acceptors (Lipinski definition) is 2. The maximum absolute atomic E-state index is 11.3. The Morgan fingerprint density at radius 3 is 2.81 bits per heavy atom. The summed E-state index contributed by atoms with van der Waals surface area (Å²) in [5, 5.41) is 11.3. The fourth-order valence-corrected chi connectivity index (χ4v) is 3.31. The molecule has 2 heteroatoms. The van der Waals surface area contributed by atoms with Crippen LogP contribution in [0.5, 0.6) is 5.75 Å². The van der Waals surface area contributed by atoms with Crippen LogP contribution in [0.1, 0.15) is 42.0 Å². The summed E-state index contributed by atoms with van der Waals surface area (Å²) in [4.78, 5) is 0. The summed E-state index contributed by atoms with van der Waals surface area (Å²) in [5.74, 6) is 0.804. The van der Waals surface area contributed by atoms with Gasteiger partial charge in [0.25, 0.3) is 0 Å². The molecule has 0 heterocycles. The van der Waals surface area contributed by atoms with Gasteiger partial charge in [-0.25, -0.2) is 0 Å². The molecule has 3 rings (SSSR count). The molecule has 2 aromatic rings. The zero-order chi connectivity index (χ0) is 14.9. The molecule has 1 atom stereocenters. The summed E-state index contributed by atoms with van der Waals surface area (Å²) in [6.45, 7) is 2.18. The van der Waals surface area contributed by atoms with E-state index in [1.165, 1.54) is 11.1 Å². The van der Waals surface area contributed by atoms with E-state index in [9.17, 15) is 5.11 Å². The maximum atomic E-state index is 11.3. The lowest BCUT2D eigenvalue weighted by Gasteiger charge is -2.25. The maximum Gasteiger partial charge on any atom is 0.119 e. The van der Waals surface area contributed by atoms with Gasteiger partial charge < -0.3 is 9.84 Å². The number of ether oxygens (including phenoxy) is 1. The minimum Gasteiger partial charge on any atom is -0.497 e. The van der Waals surface area contributed by atoms with Crippen molar-refractivity contribution in [3.63, 3.8) is 0 Å². The first-order valence-electron chi connectivity index (χ1n) is 7.66. The van der Waals surface area contributed by atoms with E-state index in [1.807, 2.05) is 18.2 Å². The van der Waals surface area contributed by atoms with Crippen LogP contribution in [0.15, 0.2) is 42.5 Å². The van der Waals surface area contributed by atoms with Crippen LogP contribution in [0.25, 0.3) is 0 Å². The molecule has 0 saturated heterocycles. The number of hydrogen-bond donors (Lipinski definition) is 1. The molecule has 1 N–H and O–H groups in total. The van der Waals surface area contributed by atoms with Crippen molar-refractivity contribution in [3.8, 4) is 5.75 Å². The Morgan fingerprint density at radius 1 is 1.19 bits per heavy atom. The molecule has 0 fully saturated rings. The Balaban J connectivity index is 2.05. The second-order valence-corrected chi connectivity index (χ2v) is 5.83. The van der Waals surface area contributed by atoms with Crippen LogP contribution in [-0.2, 0) is 18.4 Å². The highest BCUT2D eigenvalue weighted by atomic mass is 16.5. The topological polar surface area (TPSA) is 29.5 Å². The molecule has 1 unspecified atom stereocenters. The van der Waals surface area contributed by atoms with Gasteiger partial charge >= 0.3 is 0 Å². The summed E-state index contributed by atoms with van der Waals surface area (Å²) in [6.07, 6.45) is 3.82. The molecule has 0 radical (unpaired) electrons. The average molecular weight is 282 g/mol. The van der Waals surface area contributed by atoms with Gasteiger partial charge in [-0.15, -0.1) is 0 Å². The Morgan fingerprint density at radius 2 is 2.05 bits per heavy atom. The quantitative estimate of drug-likeness (QED) is 0.923. The molecule has 1 aliphatic carbocycles. The number of benzene rings is 2. The highest BCUT2D eigenvalue weighted by molar-refractivity contribution is 5.49. The number of methoxy groups -OCH3 is 1. The zero-order valence-electron chi connectivity index (χ0n) is 12.7. The van der Waals surface area contributed by atoms with Crippen LogP contribution in [0.3, 0.4) is 0 Å². The lowest BCUT2D eigenvalue weighted by atomic mass is 9.86. The van der Waals surface area contributed by atoms with Gasteiger partial charge in [0.15, 0.2) is 0 Å². The molecule has 21 heavy (non-hydrogen) atoms. The summed E-state index contributed by atoms with van der Waals surface area (Å²) in [5.41, 5.74) is 3.63. The largest absolute Gasteiger partial charge is 0.497 e. The van der Waals surface area contributed by atoms with Gasteiger partial charge in [0.05, 0.1) is 7.11 Å². The van der Waals surface area contributed by atoms with Crippen LogP contribution >= 0.6 is 0 Å². The van der Waals surface area contributed by atoms with Gasteiger partial charge in [-0.1, -0.05) is 43.7 Å². The monoisotopic (exact) mass is 282 g/mol. The summed E-state index contributed by atoms with van der Waals surface area (Å²) in [7, 11) is 1.66. The summed E-state index contributed by atoms with van der Waals surface area (Å²) in [6, 6.07) is 14.4. The minimum absolute atomic E-state index is 0.741. The van der Waals surface area contributed by atoms with E-state index in [4.69, 9.17) is 4.74 Å². The summed E-state index contributed by atoms with van der Waals surface area (Å²) >= 11 is 0. The van der Waals surface area contributed by atoms with Crippen molar-refractivity contribution in [1.82, 2.24) is 0 Å². The molecule has 1 aliphatic rings. The third-order valence-electron chi connectivity index (χ3n) is 4.46. The van der Waals surface area contributed by atoms with Gasteiger partial charge in [0.2, 0.25) is 0 Å². The SMILES string of the molecule is CCCc1cccc(C2(O)CCc3ccc(OC)cc32)c1. The molecule has 0 bridgehead atoms. The lowest BCUT2D eigenvalue weighted by Crippen LogP contribution is -2.24. The molecule has 0 saturated carbocycles. The lowest BCUT2D eigenvalue weighted by molar-refractivity contribution is 0.0826. The van der Waals surface area contributed by atoms with Crippen molar-refractivity contribution in [3.05, 3.63) is 64.7 Å². The van der Waals surface area contributed by atoms with Crippen LogP contribution in [-0.4, -0.2) is 12.2 Å². The average Bonchev–Trinajstić information content (AvgIpc) is 2.86. The van der Waals surface area contributed by atoms with Crippen molar-refractivity contribution in [2.75, 3.05) is 7.11 Å². The first-order chi connectivity index (χ1) is 10.2. The zero-order valence-corrected chi connectivity index (χ0v) is 12.7. The minimum atomic E-state index is -0.881. The van der Waals surface area contributed by atoms with Crippen molar-refractivity contribution in [2.24, 2.45) is 0 Å². The van der Waals surface area contributed by atoms with Gasteiger partial charge in [-0.05, 0) is 53.6 Å². The van der Waals surface area contributed by atoms with Crippen molar-refractivity contribution < 1.29 is 9.84 Å². The first-order valence-corrected chi connectivity index (χ1v) is 7.66.